The van der Waals surface area contributed by atoms with Gasteiger partial charge in [-0.25, -0.2) is 0 Å². The molecule has 1 heterocycles. The van der Waals surface area contributed by atoms with E-state index in [1.165, 1.54) is 6.07 Å². The Morgan fingerprint density at radius 1 is 0.900 bits per heavy atom. The summed E-state index contributed by atoms with van der Waals surface area (Å²) < 4.78 is 0. The Balaban J connectivity index is 0.00000225. The zero-order valence-corrected chi connectivity index (χ0v) is 18.4. The number of hydrogen-bond acceptors (Lipinski definition) is 7. The second-order valence-corrected chi connectivity index (χ2v) is 7.10. The van der Waals surface area contributed by atoms with Gasteiger partial charge in [0.25, 0.3) is 11.4 Å². The smallest absolute Gasteiger partial charge is 0.292 e. The van der Waals surface area contributed by atoms with E-state index in [0.717, 1.165) is 5.56 Å². The van der Waals surface area contributed by atoms with Gasteiger partial charge in [0.2, 0.25) is 0 Å². The molecule has 1 fully saturated rings. The number of benzene rings is 2. The van der Waals surface area contributed by atoms with E-state index in [9.17, 15) is 20.2 Å². The minimum absolute atomic E-state index is 0. The van der Waals surface area contributed by atoms with Crippen LogP contribution in [0.1, 0.15) is 16.7 Å². The number of piperazine rings is 1. The van der Waals surface area contributed by atoms with Gasteiger partial charge in [-0.05, 0) is 31.0 Å². The largest absolute Gasteiger partial charge is 0.398 e. The van der Waals surface area contributed by atoms with Crippen molar-refractivity contribution in [3.8, 4) is 0 Å². The van der Waals surface area contributed by atoms with E-state index >= 15 is 0 Å². The molecule has 0 bridgehead atoms. The Hall–Kier alpha value is -2.62. The van der Waals surface area contributed by atoms with Crippen molar-refractivity contribution < 1.29 is 9.85 Å². The van der Waals surface area contributed by atoms with E-state index in [0.29, 0.717) is 55.2 Å². The summed E-state index contributed by atoms with van der Waals surface area (Å²) in [5, 5.41) is 22.5. The third-order valence-corrected chi connectivity index (χ3v) is 5.15. The number of nitrogens with two attached hydrogens (primary N) is 1. The van der Waals surface area contributed by atoms with Crippen LogP contribution >= 0.6 is 24.8 Å². The van der Waals surface area contributed by atoms with Crippen molar-refractivity contribution in [2.24, 2.45) is 0 Å². The van der Waals surface area contributed by atoms with Crippen LogP contribution in [0.3, 0.4) is 0 Å². The van der Waals surface area contributed by atoms with Crippen LogP contribution in [0.5, 0.6) is 0 Å². The average Bonchev–Trinajstić information content (AvgIpc) is 2.65. The normalized spacial score (nSPS) is 13.9. The summed E-state index contributed by atoms with van der Waals surface area (Å²) in [7, 11) is 0. The molecule has 9 nitrogen and oxygen atoms in total. The van der Waals surface area contributed by atoms with Crippen LogP contribution in [-0.2, 0) is 6.54 Å². The first-order valence-electron chi connectivity index (χ1n) is 9.02. The van der Waals surface area contributed by atoms with Crippen molar-refractivity contribution in [1.82, 2.24) is 4.90 Å². The Morgan fingerprint density at radius 2 is 1.50 bits per heavy atom. The number of hydrogen-bond donors (Lipinski definition) is 1. The number of aryl methyl sites for hydroxylation is 2. The average molecular weight is 458 g/mol. The number of nitro groups is 2. The third kappa shape index (κ3) is 5.50. The molecule has 30 heavy (non-hydrogen) atoms. The van der Waals surface area contributed by atoms with Crippen LogP contribution in [0.25, 0.3) is 0 Å². The maximum atomic E-state index is 11.4. The molecule has 0 radical (unpaired) electrons. The summed E-state index contributed by atoms with van der Waals surface area (Å²) in [5.41, 5.74) is 9.45. The van der Waals surface area contributed by atoms with Crippen LogP contribution in [0.2, 0.25) is 0 Å². The van der Waals surface area contributed by atoms with E-state index in [2.05, 4.69) is 4.90 Å². The van der Waals surface area contributed by atoms with Gasteiger partial charge in [-0.3, -0.25) is 25.1 Å². The summed E-state index contributed by atoms with van der Waals surface area (Å²) in [6, 6.07) is 8.48. The molecule has 1 aliphatic heterocycles. The van der Waals surface area contributed by atoms with Gasteiger partial charge in [0, 0.05) is 56.1 Å². The zero-order valence-electron chi connectivity index (χ0n) is 16.7. The molecule has 0 atom stereocenters. The maximum Gasteiger partial charge on any atom is 0.292 e. The van der Waals surface area contributed by atoms with Crippen LogP contribution < -0.4 is 10.6 Å². The first-order chi connectivity index (χ1) is 13.3. The van der Waals surface area contributed by atoms with Crippen molar-refractivity contribution >= 4 is 47.6 Å². The second kappa shape index (κ2) is 10.4. The van der Waals surface area contributed by atoms with Gasteiger partial charge in [0.1, 0.15) is 5.69 Å². The standard InChI is InChI=1S/C19H23N5O4.2ClH/c1-13-3-4-15(10-17(13)23(25)26)12-21-5-7-22(8-6-21)18-11-16(20)14(2)9-19(18)24(27)28;;/h3-4,9-11H,5-8,12,20H2,1-2H3;2*1H. The lowest BCUT2D eigenvalue weighted by molar-refractivity contribution is -0.385. The van der Waals surface area contributed by atoms with Crippen LogP contribution in [0.15, 0.2) is 30.3 Å². The summed E-state index contributed by atoms with van der Waals surface area (Å²) in [6.45, 7) is 6.73. The van der Waals surface area contributed by atoms with Gasteiger partial charge >= 0.3 is 0 Å². The number of halogens is 2. The summed E-state index contributed by atoms with van der Waals surface area (Å²) in [6.07, 6.45) is 0. The number of nitrogen functional groups attached to an aromatic ring is 1. The first kappa shape index (κ1) is 25.4. The molecule has 0 saturated carbocycles. The van der Waals surface area contributed by atoms with Crippen molar-refractivity contribution in [3.05, 3.63) is 67.3 Å². The fraction of sp³-hybridized carbons (Fsp3) is 0.368. The van der Waals surface area contributed by atoms with Gasteiger partial charge in [-0.1, -0.05) is 12.1 Å². The molecule has 1 aliphatic rings. The van der Waals surface area contributed by atoms with Crippen molar-refractivity contribution in [2.75, 3.05) is 36.8 Å². The molecule has 0 aromatic heterocycles. The fourth-order valence-electron chi connectivity index (χ4n) is 3.45. The van der Waals surface area contributed by atoms with Crippen molar-refractivity contribution in [1.29, 1.82) is 0 Å². The number of nitrogens with zero attached hydrogens (tertiary/aromatic N) is 4. The first-order valence-corrected chi connectivity index (χ1v) is 9.02. The van der Waals surface area contributed by atoms with E-state index in [1.807, 2.05) is 11.0 Å². The predicted octanol–water partition coefficient (Wildman–Crippen LogP) is 3.87. The third-order valence-electron chi connectivity index (χ3n) is 5.15. The molecule has 0 unspecified atom stereocenters. The van der Waals surface area contributed by atoms with E-state index in [1.54, 1.807) is 32.0 Å². The molecule has 1 saturated heterocycles. The highest BCUT2D eigenvalue weighted by atomic mass is 35.5. The topological polar surface area (TPSA) is 119 Å². The van der Waals surface area contributed by atoms with Crippen molar-refractivity contribution in [2.45, 2.75) is 20.4 Å². The van der Waals surface area contributed by atoms with Crippen molar-refractivity contribution in [3.63, 3.8) is 0 Å². The maximum absolute atomic E-state index is 11.4. The number of rotatable bonds is 5. The molecule has 0 amide bonds. The van der Waals surface area contributed by atoms with E-state index in [4.69, 9.17) is 5.73 Å². The minimum Gasteiger partial charge on any atom is -0.398 e. The number of nitro benzene ring substituents is 2. The van der Waals surface area contributed by atoms with Crippen LogP contribution in [0.4, 0.5) is 22.7 Å². The van der Waals surface area contributed by atoms with Crippen LogP contribution in [-0.4, -0.2) is 40.9 Å². The molecular formula is C19H25Cl2N5O4. The van der Waals surface area contributed by atoms with Gasteiger partial charge in [-0.2, -0.15) is 0 Å². The molecule has 0 aliphatic carbocycles. The SMILES string of the molecule is Cc1cc([N+](=O)[O-])c(N2CCN(Cc3ccc(C)c([N+](=O)[O-])c3)CC2)cc1N.Cl.Cl. The highest BCUT2D eigenvalue weighted by molar-refractivity contribution is 5.85. The minimum atomic E-state index is -0.375. The number of anilines is 2. The van der Waals surface area contributed by atoms with Gasteiger partial charge in [-0.15, -0.1) is 24.8 Å². The molecule has 0 spiro atoms. The lowest BCUT2D eigenvalue weighted by Crippen LogP contribution is -2.46. The molecule has 2 N–H and O–H groups in total. The lowest BCUT2D eigenvalue weighted by atomic mass is 10.1. The van der Waals surface area contributed by atoms with E-state index in [-0.39, 0.29) is 46.0 Å². The summed E-state index contributed by atoms with van der Waals surface area (Å²) >= 11 is 0. The Morgan fingerprint density at radius 3 is 2.07 bits per heavy atom. The summed E-state index contributed by atoms with van der Waals surface area (Å²) in [4.78, 5) is 26.0. The van der Waals surface area contributed by atoms with Gasteiger partial charge in [0.05, 0.1) is 9.85 Å². The van der Waals surface area contributed by atoms with Crippen LogP contribution in [0, 0.1) is 34.1 Å². The highest BCUT2D eigenvalue weighted by Crippen LogP contribution is 2.33. The molecule has 11 heteroatoms. The van der Waals surface area contributed by atoms with Gasteiger partial charge in [0.15, 0.2) is 0 Å². The monoisotopic (exact) mass is 457 g/mol. The molecule has 2 aromatic rings. The Kier molecular flexibility index (Phi) is 8.83. The molecular weight excluding hydrogens is 433 g/mol. The molecule has 3 rings (SSSR count). The second-order valence-electron chi connectivity index (χ2n) is 7.10. The molecule has 164 valence electrons. The lowest BCUT2D eigenvalue weighted by Gasteiger charge is -2.36. The quantitative estimate of drug-likeness (QED) is 0.410. The summed E-state index contributed by atoms with van der Waals surface area (Å²) in [5.74, 6) is 0. The zero-order chi connectivity index (χ0) is 20.4. The Bertz CT molecular complexity index is 933. The van der Waals surface area contributed by atoms with Gasteiger partial charge < -0.3 is 10.6 Å². The van der Waals surface area contributed by atoms with E-state index < -0.39 is 0 Å². The predicted molar refractivity (Wildman–Crippen MR) is 122 cm³/mol. The highest BCUT2D eigenvalue weighted by Gasteiger charge is 2.25. The molecule has 2 aromatic carbocycles. The fourth-order valence-corrected chi connectivity index (χ4v) is 3.45. The Labute approximate surface area is 187 Å².